The molecule has 0 radical (unpaired) electrons. The van der Waals surface area contributed by atoms with Crippen molar-refractivity contribution in [3.8, 4) is 6.07 Å². The van der Waals surface area contributed by atoms with Crippen molar-refractivity contribution in [1.82, 2.24) is 19.8 Å². The number of hydrogen-bond acceptors (Lipinski definition) is 6. The highest BCUT2D eigenvalue weighted by atomic mass is 16.2. The number of anilines is 2. The summed E-state index contributed by atoms with van der Waals surface area (Å²) >= 11 is 0. The molecule has 27 heavy (non-hydrogen) atoms. The summed E-state index contributed by atoms with van der Waals surface area (Å²) in [7, 11) is 0. The predicted molar refractivity (Wildman–Crippen MR) is 99.4 cm³/mol. The number of rotatable bonds is 3. The summed E-state index contributed by atoms with van der Waals surface area (Å²) in [6, 6.07) is 10.6. The van der Waals surface area contributed by atoms with Crippen LogP contribution in [0.3, 0.4) is 0 Å². The highest BCUT2D eigenvalue weighted by molar-refractivity contribution is 5.93. The maximum absolute atomic E-state index is 12.8. The van der Waals surface area contributed by atoms with E-state index in [-0.39, 0.29) is 11.8 Å². The van der Waals surface area contributed by atoms with E-state index in [4.69, 9.17) is 5.26 Å². The second-order valence-electron chi connectivity index (χ2n) is 6.30. The van der Waals surface area contributed by atoms with E-state index >= 15 is 0 Å². The molecule has 0 bridgehead atoms. The Bertz CT molecular complexity index is 895. The molecule has 8 heteroatoms. The molecule has 138 valence electrons. The van der Waals surface area contributed by atoms with Crippen LogP contribution in [0.4, 0.5) is 11.5 Å². The van der Waals surface area contributed by atoms with Crippen LogP contribution in [0.25, 0.3) is 0 Å². The first-order valence-corrected chi connectivity index (χ1v) is 8.64. The Morgan fingerprint density at radius 1 is 1.07 bits per heavy atom. The van der Waals surface area contributed by atoms with Crippen molar-refractivity contribution in [1.29, 1.82) is 5.26 Å². The van der Waals surface area contributed by atoms with Crippen molar-refractivity contribution in [2.45, 2.75) is 13.8 Å². The maximum atomic E-state index is 12.8. The van der Waals surface area contributed by atoms with E-state index in [0.29, 0.717) is 49.1 Å². The molecule has 2 amide bonds. The number of hydrogen-bond donors (Lipinski definition) is 1. The number of carbonyl (C=O) groups is 2. The summed E-state index contributed by atoms with van der Waals surface area (Å²) < 4.78 is 0. The molecule has 8 nitrogen and oxygen atoms in total. The SMILES string of the molecule is CC(=O)N1CCN(C(=O)c2cc(Nc3ccc(C#N)cc3)nc(C)n2)CC1. The van der Waals surface area contributed by atoms with Crippen molar-refractivity contribution in [3.05, 3.63) is 47.4 Å². The van der Waals surface area contributed by atoms with E-state index in [1.54, 1.807) is 47.1 Å². The Balaban J connectivity index is 1.73. The van der Waals surface area contributed by atoms with Gasteiger partial charge >= 0.3 is 0 Å². The molecule has 1 fully saturated rings. The average Bonchev–Trinajstić information content (AvgIpc) is 2.67. The Hall–Kier alpha value is -3.47. The Labute approximate surface area is 157 Å². The van der Waals surface area contributed by atoms with Gasteiger partial charge in [0, 0.05) is 44.9 Å². The number of nitrogens with zero attached hydrogens (tertiary/aromatic N) is 5. The standard InChI is InChI=1S/C19H20N6O2/c1-13-21-17(19(27)25-9-7-24(8-10-25)14(2)26)11-18(22-13)23-16-5-3-15(12-20)4-6-16/h3-6,11H,7-10H2,1-2H3,(H,21,22,23). The molecule has 1 saturated heterocycles. The van der Waals surface area contributed by atoms with Crippen LogP contribution in [0.1, 0.15) is 28.8 Å². The first-order chi connectivity index (χ1) is 13.0. The molecule has 2 heterocycles. The van der Waals surface area contributed by atoms with Crippen LogP contribution < -0.4 is 5.32 Å². The fourth-order valence-electron chi connectivity index (χ4n) is 2.90. The topological polar surface area (TPSA) is 102 Å². The van der Waals surface area contributed by atoms with Crippen LogP contribution in [-0.4, -0.2) is 57.8 Å². The zero-order valence-corrected chi connectivity index (χ0v) is 15.3. The van der Waals surface area contributed by atoms with Crippen molar-refractivity contribution in [2.24, 2.45) is 0 Å². The van der Waals surface area contributed by atoms with Crippen LogP contribution in [0.5, 0.6) is 0 Å². The lowest BCUT2D eigenvalue weighted by Crippen LogP contribution is -2.50. The number of nitrogens with one attached hydrogen (secondary N) is 1. The number of aryl methyl sites for hydroxylation is 1. The van der Waals surface area contributed by atoms with Gasteiger partial charge in [-0.3, -0.25) is 9.59 Å². The Morgan fingerprint density at radius 2 is 1.70 bits per heavy atom. The number of carbonyl (C=O) groups excluding carboxylic acids is 2. The average molecular weight is 364 g/mol. The minimum atomic E-state index is -0.174. The lowest BCUT2D eigenvalue weighted by atomic mass is 10.2. The highest BCUT2D eigenvalue weighted by Gasteiger charge is 2.24. The largest absolute Gasteiger partial charge is 0.340 e. The number of amides is 2. The molecule has 1 aromatic heterocycles. The molecule has 1 aromatic carbocycles. The van der Waals surface area contributed by atoms with E-state index in [9.17, 15) is 9.59 Å². The Morgan fingerprint density at radius 3 is 2.30 bits per heavy atom. The summed E-state index contributed by atoms with van der Waals surface area (Å²) in [5.74, 6) is 0.845. The third-order valence-corrected chi connectivity index (χ3v) is 4.36. The Kier molecular flexibility index (Phi) is 5.31. The molecule has 0 aliphatic carbocycles. The number of benzene rings is 1. The molecule has 0 spiro atoms. The van der Waals surface area contributed by atoms with Gasteiger partial charge in [-0.25, -0.2) is 9.97 Å². The van der Waals surface area contributed by atoms with Gasteiger partial charge in [0.15, 0.2) is 0 Å². The van der Waals surface area contributed by atoms with E-state index in [1.165, 1.54) is 6.92 Å². The molecular formula is C19H20N6O2. The van der Waals surface area contributed by atoms with Crippen molar-refractivity contribution in [2.75, 3.05) is 31.5 Å². The molecule has 0 unspecified atom stereocenters. The van der Waals surface area contributed by atoms with E-state index in [0.717, 1.165) is 5.69 Å². The quantitative estimate of drug-likeness (QED) is 0.889. The van der Waals surface area contributed by atoms with Gasteiger partial charge in [0.25, 0.3) is 5.91 Å². The molecule has 1 N–H and O–H groups in total. The summed E-state index contributed by atoms with van der Waals surface area (Å²) in [5.41, 5.74) is 1.65. The predicted octanol–water partition coefficient (Wildman–Crippen LogP) is 1.70. The van der Waals surface area contributed by atoms with Gasteiger partial charge in [0.2, 0.25) is 5.91 Å². The third-order valence-electron chi connectivity index (χ3n) is 4.36. The fourth-order valence-corrected chi connectivity index (χ4v) is 2.90. The van der Waals surface area contributed by atoms with Gasteiger partial charge in [0.1, 0.15) is 17.3 Å². The fraction of sp³-hybridized carbons (Fsp3) is 0.316. The number of aromatic nitrogens is 2. The zero-order chi connectivity index (χ0) is 19.4. The van der Waals surface area contributed by atoms with Crippen LogP contribution >= 0.6 is 0 Å². The maximum Gasteiger partial charge on any atom is 0.272 e. The molecule has 0 saturated carbocycles. The lowest BCUT2D eigenvalue weighted by molar-refractivity contribution is -0.130. The van der Waals surface area contributed by atoms with E-state index in [2.05, 4.69) is 21.4 Å². The van der Waals surface area contributed by atoms with Crippen LogP contribution in [0.15, 0.2) is 30.3 Å². The third kappa shape index (κ3) is 4.39. The first kappa shape index (κ1) is 18.3. The van der Waals surface area contributed by atoms with E-state index in [1.807, 2.05) is 0 Å². The van der Waals surface area contributed by atoms with Crippen LogP contribution in [0, 0.1) is 18.3 Å². The monoisotopic (exact) mass is 364 g/mol. The normalized spacial score (nSPS) is 13.8. The van der Waals surface area contributed by atoms with Crippen LogP contribution in [0.2, 0.25) is 0 Å². The second-order valence-corrected chi connectivity index (χ2v) is 6.30. The summed E-state index contributed by atoms with van der Waals surface area (Å²) in [5, 5.41) is 12.0. The molecule has 1 aliphatic rings. The van der Waals surface area contributed by atoms with Gasteiger partial charge in [-0.2, -0.15) is 5.26 Å². The van der Waals surface area contributed by atoms with Crippen molar-refractivity contribution in [3.63, 3.8) is 0 Å². The highest BCUT2D eigenvalue weighted by Crippen LogP contribution is 2.17. The zero-order valence-electron chi connectivity index (χ0n) is 15.3. The second kappa shape index (κ2) is 7.83. The minimum Gasteiger partial charge on any atom is -0.340 e. The molecular weight excluding hydrogens is 344 g/mol. The van der Waals surface area contributed by atoms with Gasteiger partial charge in [0.05, 0.1) is 11.6 Å². The summed E-state index contributed by atoms with van der Waals surface area (Å²) in [6.45, 7) is 5.30. The summed E-state index contributed by atoms with van der Waals surface area (Å²) in [4.78, 5) is 36.2. The number of nitriles is 1. The van der Waals surface area contributed by atoms with Gasteiger partial charge < -0.3 is 15.1 Å². The molecule has 2 aromatic rings. The van der Waals surface area contributed by atoms with Crippen molar-refractivity contribution < 1.29 is 9.59 Å². The minimum absolute atomic E-state index is 0.0221. The smallest absolute Gasteiger partial charge is 0.272 e. The molecule has 3 rings (SSSR count). The first-order valence-electron chi connectivity index (χ1n) is 8.64. The van der Waals surface area contributed by atoms with Crippen LogP contribution in [-0.2, 0) is 4.79 Å². The summed E-state index contributed by atoms with van der Waals surface area (Å²) in [6.07, 6.45) is 0. The van der Waals surface area contributed by atoms with E-state index < -0.39 is 0 Å². The van der Waals surface area contributed by atoms with Gasteiger partial charge in [-0.1, -0.05) is 0 Å². The molecule has 0 atom stereocenters. The molecule has 1 aliphatic heterocycles. The number of piperazine rings is 1. The van der Waals surface area contributed by atoms with Gasteiger partial charge in [-0.05, 0) is 31.2 Å². The lowest BCUT2D eigenvalue weighted by Gasteiger charge is -2.34. The van der Waals surface area contributed by atoms with Crippen molar-refractivity contribution >= 4 is 23.3 Å². The van der Waals surface area contributed by atoms with Gasteiger partial charge in [-0.15, -0.1) is 0 Å².